The van der Waals surface area contributed by atoms with Crippen molar-refractivity contribution in [1.29, 1.82) is 0 Å². The Morgan fingerprint density at radius 2 is 1.83 bits per heavy atom. The fraction of sp³-hybridized carbons (Fsp3) is 0.333. The maximum atomic E-state index is 12.1. The quantitative estimate of drug-likeness (QED) is 0.881. The van der Waals surface area contributed by atoms with Crippen LogP contribution in [-0.2, 0) is 4.74 Å². The normalized spacial score (nSPS) is 12.3. The second-order valence-corrected chi connectivity index (χ2v) is 6.30. The molecule has 1 atom stereocenters. The number of alkyl carbamates (subject to hydrolysis) is 1. The summed E-state index contributed by atoms with van der Waals surface area (Å²) in [4.78, 5) is 24.1. The molecule has 2 N–H and O–H groups in total. The number of nitrogens with one attached hydrogen (secondary N) is 2. The molecule has 6 nitrogen and oxygen atoms in total. The molecule has 0 saturated heterocycles. The smallest absolute Gasteiger partial charge is 0.408 e. The minimum absolute atomic E-state index is 0.211. The van der Waals surface area contributed by atoms with Crippen LogP contribution in [0.25, 0.3) is 0 Å². The second-order valence-electron chi connectivity index (χ2n) is 6.30. The summed E-state index contributed by atoms with van der Waals surface area (Å²) >= 11 is 0. The highest BCUT2D eigenvalue weighted by Crippen LogP contribution is 2.14. The Bertz CT molecular complexity index is 660. The molecule has 1 unspecified atom stereocenters. The van der Waals surface area contributed by atoms with Gasteiger partial charge in [-0.15, -0.1) is 0 Å². The van der Waals surface area contributed by atoms with Crippen LogP contribution >= 0.6 is 0 Å². The van der Waals surface area contributed by atoms with E-state index in [0.717, 1.165) is 5.56 Å². The first kappa shape index (κ1) is 17.6. The third-order valence-electron chi connectivity index (χ3n) is 3.10. The fourth-order valence-electron chi connectivity index (χ4n) is 2.08. The Morgan fingerprint density at radius 1 is 1.12 bits per heavy atom. The number of ether oxygens (including phenoxy) is 1. The summed E-state index contributed by atoms with van der Waals surface area (Å²) in [6.45, 7) is 5.59. The highest BCUT2D eigenvalue weighted by molar-refractivity contribution is 5.91. The van der Waals surface area contributed by atoms with E-state index in [-0.39, 0.29) is 18.2 Å². The Balaban J connectivity index is 2.03. The van der Waals surface area contributed by atoms with Crippen molar-refractivity contribution < 1.29 is 18.7 Å². The Morgan fingerprint density at radius 3 is 2.42 bits per heavy atom. The summed E-state index contributed by atoms with van der Waals surface area (Å²) in [6, 6.07) is 12.2. The lowest BCUT2D eigenvalue weighted by Crippen LogP contribution is -2.40. The highest BCUT2D eigenvalue weighted by atomic mass is 16.6. The van der Waals surface area contributed by atoms with E-state index < -0.39 is 17.7 Å². The number of hydrogen-bond donors (Lipinski definition) is 2. The maximum absolute atomic E-state index is 12.1. The molecule has 0 radical (unpaired) electrons. The molecule has 2 aromatic rings. The summed E-state index contributed by atoms with van der Waals surface area (Å²) < 4.78 is 10.3. The number of rotatable bonds is 5. The lowest BCUT2D eigenvalue weighted by Gasteiger charge is -2.24. The standard InChI is InChI=1S/C18H22N2O4/c1-18(2,3)24-17(22)20-14(13-8-5-4-6-9-13)12-19-16(21)15-10-7-11-23-15/h4-11,14H,12H2,1-3H3,(H,19,21)(H,20,22). The lowest BCUT2D eigenvalue weighted by atomic mass is 10.1. The zero-order valence-corrected chi connectivity index (χ0v) is 14.0. The Labute approximate surface area is 141 Å². The van der Waals surface area contributed by atoms with Crippen LogP contribution < -0.4 is 10.6 Å². The van der Waals surface area contributed by atoms with Crippen LogP contribution in [0.15, 0.2) is 53.1 Å². The molecular weight excluding hydrogens is 308 g/mol. The summed E-state index contributed by atoms with van der Waals surface area (Å²) in [7, 11) is 0. The maximum Gasteiger partial charge on any atom is 0.408 e. The van der Waals surface area contributed by atoms with Crippen molar-refractivity contribution in [2.45, 2.75) is 32.4 Å². The fourth-order valence-corrected chi connectivity index (χ4v) is 2.08. The van der Waals surface area contributed by atoms with Gasteiger partial charge in [-0.3, -0.25) is 4.79 Å². The predicted molar refractivity (Wildman–Crippen MR) is 89.6 cm³/mol. The third kappa shape index (κ3) is 5.46. The third-order valence-corrected chi connectivity index (χ3v) is 3.10. The molecule has 24 heavy (non-hydrogen) atoms. The van der Waals surface area contributed by atoms with Crippen LogP contribution in [0.5, 0.6) is 0 Å². The lowest BCUT2D eigenvalue weighted by molar-refractivity contribution is 0.0500. The van der Waals surface area contributed by atoms with Crippen molar-refractivity contribution in [1.82, 2.24) is 10.6 Å². The zero-order chi connectivity index (χ0) is 17.6. The van der Waals surface area contributed by atoms with Crippen LogP contribution in [0, 0.1) is 0 Å². The number of benzene rings is 1. The average molecular weight is 330 g/mol. The molecule has 128 valence electrons. The molecular formula is C18H22N2O4. The number of hydrogen-bond acceptors (Lipinski definition) is 4. The van der Waals surface area contributed by atoms with Crippen molar-refractivity contribution >= 4 is 12.0 Å². The highest BCUT2D eigenvalue weighted by Gasteiger charge is 2.21. The van der Waals surface area contributed by atoms with Crippen LogP contribution in [0.4, 0.5) is 4.79 Å². The van der Waals surface area contributed by atoms with Crippen LogP contribution in [-0.4, -0.2) is 24.1 Å². The van der Waals surface area contributed by atoms with E-state index >= 15 is 0 Å². The van der Waals surface area contributed by atoms with E-state index in [9.17, 15) is 9.59 Å². The summed E-state index contributed by atoms with van der Waals surface area (Å²) in [5.41, 5.74) is 0.269. The van der Waals surface area contributed by atoms with E-state index in [1.807, 2.05) is 30.3 Å². The first-order chi connectivity index (χ1) is 11.3. The van der Waals surface area contributed by atoms with Gasteiger partial charge in [-0.25, -0.2) is 4.79 Å². The van der Waals surface area contributed by atoms with Crippen molar-refractivity contribution in [3.8, 4) is 0 Å². The van der Waals surface area contributed by atoms with E-state index in [2.05, 4.69) is 10.6 Å². The molecule has 0 saturated carbocycles. The van der Waals surface area contributed by atoms with Crippen molar-refractivity contribution in [3.05, 3.63) is 60.1 Å². The van der Waals surface area contributed by atoms with Gasteiger partial charge >= 0.3 is 6.09 Å². The van der Waals surface area contributed by atoms with Gasteiger partial charge in [-0.1, -0.05) is 30.3 Å². The number of amides is 2. The minimum Gasteiger partial charge on any atom is -0.459 e. The SMILES string of the molecule is CC(C)(C)OC(=O)NC(CNC(=O)c1ccco1)c1ccccc1. The van der Waals surface area contributed by atoms with Crippen molar-refractivity contribution in [2.24, 2.45) is 0 Å². The number of carbonyl (C=O) groups excluding carboxylic acids is 2. The van der Waals surface area contributed by atoms with Crippen LogP contribution in [0.3, 0.4) is 0 Å². The van der Waals surface area contributed by atoms with E-state index in [4.69, 9.17) is 9.15 Å². The van der Waals surface area contributed by atoms with E-state index in [1.54, 1.807) is 32.9 Å². The number of furan rings is 1. The largest absolute Gasteiger partial charge is 0.459 e. The van der Waals surface area contributed by atoms with Crippen LogP contribution in [0.1, 0.15) is 42.9 Å². The Hall–Kier alpha value is -2.76. The molecule has 6 heteroatoms. The molecule has 0 aliphatic heterocycles. The summed E-state index contributed by atoms with van der Waals surface area (Å²) in [6.07, 6.45) is 0.895. The summed E-state index contributed by atoms with van der Waals surface area (Å²) in [5, 5.41) is 5.53. The van der Waals surface area contributed by atoms with E-state index in [0.29, 0.717) is 0 Å². The molecule has 2 rings (SSSR count). The van der Waals surface area contributed by atoms with Gasteiger partial charge in [0, 0.05) is 6.54 Å². The van der Waals surface area contributed by atoms with Gasteiger partial charge in [0.1, 0.15) is 5.60 Å². The molecule has 0 bridgehead atoms. The van der Waals surface area contributed by atoms with Gasteiger partial charge in [0.2, 0.25) is 0 Å². The van der Waals surface area contributed by atoms with E-state index in [1.165, 1.54) is 6.26 Å². The van der Waals surface area contributed by atoms with Crippen molar-refractivity contribution in [3.63, 3.8) is 0 Å². The van der Waals surface area contributed by atoms with Gasteiger partial charge < -0.3 is 19.8 Å². The molecule has 0 fully saturated rings. The molecule has 1 heterocycles. The van der Waals surface area contributed by atoms with Gasteiger partial charge in [0.05, 0.1) is 12.3 Å². The topological polar surface area (TPSA) is 80.6 Å². The van der Waals surface area contributed by atoms with Gasteiger partial charge in [-0.05, 0) is 38.5 Å². The predicted octanol–water partition coefficient (Wildman–Crippen LogP) is 3.28. The monoisotopic (exact) mass is 330 g/mol. The number of carbonyl (C=O) groups is 2. The molecule has 2 amide bonds. The van der Waals surface area contributed by atoms with Crippen molar-refractivity contribution in [2.75, 3.05) is 6.54 Å². The summed E-state index contributed by atoms with van der Waals surface area (Å²) in [5.74, 6) is -0.119. The Kier molecular flexibility index (Phi) is 5.63. The zero-order valence-electron chi connectivity index (χ0n) is 14.0. The molecule has 0 aliphatic rings. The second kappa shape index (κ2) is 7.68. The van der Waals surface area contributed by atoms with Crippen LogP contribution in [0.2, 0.25) is 0 Å². The molecule has 0 aliphatic carbocycles. The first-order valence-corrected chi connectivity index (χ1v) is 7.71. The van der Waals surface area contributed by atoms with Gasteiger partial charge in [0.15, 0.2) is 5.76 Å². The minimum atomic E-state index is -0.595. The first-order valence-electron chi connectivity index (χ1n) is 7.71. The average Bonchev–Trinajstić information content (AvgIpc) is 3.04. The molecule has 1 aromatic heterocycles. The molecule has 1 aromatic carbocycles. The van der Waals surface area contributed by atoms with Gasteiger partial charge in [-0.2, -0.15) is 0 Å². The molecule has 0 spiro atoms. The van der Waals surface area contributed by atoms with Gasteiger partial charge in [0.25, 0.3) is 5.91 Å².